The summed E-state index contributed by atoms with van der Waals surface area (Å²) in [6, 6.07) is 16.8. The minimum absolute atomic E-state index is 0.0124. The highest BCUT2D eigenvalue weighted by atomic mass is 32.1. The number of aryl methyl sites for hydroxylation is 1. The van der Waals surface area contributed by atoms with Crippen LogP contribution in [0.5, 0.6) is 0 Å². The summed E-state index contributed by atoms with van der Waals surface area (Å²) in [5.41, 5.74) is 10.8. The molecule has 0 bridgehead atoms. The van der Waals surface area contributed by atoms with Crippen LogP contribution in [0.25, 0.3) is 10.6 Å². The second-order valence-corrected chi connectivity index (χ2v) is 9.61. The molecule has 1 aromatic carbocycles. The number of nitrogens with zero attached hydrogens (tertiary/aromatic N) is 3. The number of benzene rings is 1. The molecule has 0 radical (unpaired) electrons. The molecule has 6 nitrogen and oxygen atoms in total. The number of pyridine rings is 1. The third-order valence-electron chi connectivity index (χ3n) is 6.16. The van der Waals surface area contributed by atoms with Crippen molar-refractivity contribution in [2.24, 2.45) is 0 Å². The maximum atomic E-state index is 13.5. The molecule has 1 fully saturated rings. The van der Waals surface area contributed by atoms with E-state index in [1.165, 1.54) is 11.1 Å². The number of anilines is 1. The molecule has 3 heterocycles. The van der Waals surface area contributed by atoms with Crippen LogP contribution >= 0.6 is 11.3 Å². The van der Waals surface area contributed by atoms with Gasteiger partial charge in [-0.2, -0.15) is 0 Å². The lowest BCUT2D eigenvalue weighted by molar-refractivity contribution is 0.0715. The van der Waals surface area contributed by atoms with E-state index in [1.54, 1.807) is 11.3 Å². The molecular formula is C25H31N5OS. The van der Waals surface area contributed by atoms with Crippen LogP contribution in [0.3, 0.4) is 0 Å². The van der Waals surface area contributed by atoms with Crippen LogP contribution in [-0.4, -0.2) is 49.0 Å². The maximum absolute atomic E-state index is 13.5. The first-order valence-corrected chi connectivity index (χ1v) is 11.8. The number of nitrogens with one attached hydrogen (secondary N) is 2. The van der Waals surface area contributed by atoms with Gasteiger partial charge in [-0.15, -0.1) is 11.3 Å². The van der Waals surface area contributed by atoms with Crippen LogP contribution in [0.2, 0.25) is 0 Å². The predicted molar refractivity (Wildman–Crippen MR) is 132 cm³/mol. The van der Waals surface area contributed by atoms with Crippen LogP contribution in [-0.2, 0) is 0 Å². The van der Waals surface area contributed by atoms with Crippen LogP contribution in [0.1, 0.15) is 40.9 Å². The highest BCUT2D eigenvalue weighted by Crippen LogP contribution is 2.30. The summed E-state index contributed by atoms with van der Waals surface area (Å²) >= 11 is 1.67. The van der Waals surface area contributed by atoms with Crippen molar-refractivity contribution in [3.63, 3.8) is 0 Å². The van der Waals surface area contributed by atoms with Gasteiger partial charge in [0.25, 0.3) is 5.91 Å². The third kappa shape index (κ3) is 4.55. The molecule has 1 saturated heterocycles. The zero-order chi connectivity index (χ0) is 22.8. The number of aromatic nitrogens is 1. The van der Waals surface area contributed by atoms with E-state index in [4.69, 9.17) is 4.98 Å². The van der Waals surface area contributed by atoms with Gasteiger partial charge in [0, 0.05) is 39.3 Å². The lowest BCUT2D eigenvalue weighted by Gasteiger charge is -2.30. The van der Waals surface area contributed by atoms with Crippen molar-refractivity contribution in [2.75, 3.05) is 26.0 Å². The number of thiophene rings is 1. The molecule has 0 aliphatic carbocycles. The fourth-order valence-corrected chi connectivity index (χ4v) is 4.97. The zero-order valence-corrected chi connectivity index (χ0v) is 20.1. The number of carbonyl (C=O) groups excluding carboxylic acids is 1. The third-order valence-corrected chi connectivity index (χ3v) is 7.23. The molecule has 1 amide bonds. The van der Waals surface area contributed by atoms with E-state index in [-0.39, 0.29) is 24.0 Å². The van der Waals surface area contributed by atoms with Gasteiger partial charge in [0.05, 0.1) is 16.1 Å². The molecule has 2 N–H and O–H groups in total. The Bertz CT molecular complexity index is 1080. The molecule has 3 aromatic rings. The Morgan fingerprint density at radius 3 is 2.53 bits per heavy atom. The van der Waals surface area contributed by atoms with Gasteiger partial charge < -0.3 is 9.80 Å². The highest BCUT2D eigenvalue weighted by Gasteiger charge is 2.33. The molecule has 3 unspecified atom stereocenters. The average molecular weight is 450 g/mol. The van der Waals surface area contributed by atoms with Crippen molar-refractivity contribution >= 4 is 23.1 Å². The molecule has 2 aromatic heterocycles. The fourth-order valence-electron chi connectivity index (χ4n) is 4.11. The summed E-state index contributed by atoms with van der Waals surface area (Å²) in [7, 11) is 5.73. The fraction of sp³-hybridized carbons (Fsp3) is 0.360. The van der Waals surface area contributed by atoms with E-state index in [9.17, 15) is 4.79 Å². The number of hydrazine groups is 1. The predicted octanol–water partition coefficient (Wildman–Crippen LogP) is 4.25. The Hall–Kier alpha value is -2.74. The lowest BCUT2D eigenvalue weighted by Crippen LogP contribution is -2.48. The van der Waals surface area contributed by atoms with Gasteiger partial charge in [0.1, 0.15) is 5.82 Å². The quantitative estimate of drug-likeness (QED) is 0.589. The van der Waals surface area contributed by atoms with Crippen molar-refractivity contribution in [3.05, 3.63) is 70.6 Å². The van der Waals surface area contributed by atoms with E-state index < -0.39 is 0 Å². The van der Waals surface area contributed by atoms with Crippen molar-refractivity contribution in [1.82, 2.24) is 20.7 Å². The van der Waals surface area contributed by atoms with Crippen LogP contribution in [0.15, 0.2) is 53.9 Å². The average Bonchev–Trinajstić information content (AvgIpc) is 3.47. The number of hydrogen-bond acceptors (Lipinski definition) is 6. The molecule has 0 saturated carbocycles. The number of hydrogen-bond donors (Lipinski definition) is 2. The van der Waals surface area contributed by atoms with Gasteiger partial charge in [0.15, 0.2) is 0 Å². The minimum atomic E-state index is -0.0208. The Kier molecular flexibility index (Phi) is 6.60. The monoisotopic (exact) mass is 449 g/mol. The van der Waals surface area contributed by atoms with Crippen molar-refractivity contribution in [1.29, 1.82) is 0 Å². The van der Waals surface area contributed by atoms with E-state index in [0.29, 0.717) is 11.4 Å². The van der Waals surface area contributed by atoms with Gasteiger partial charge in [-0.1, -0.05) is 30.3 Å². The summed E-state index contributed by atoms with van der Waals surface area (Å²) in [5.74, 6) is 0.671. The normalized spacial score (nSPS) is 19.0. The molecule has 3 atom stereocenters. The van der Waals surface area contributed by atoms with E-state index in [2.05, 4.69) is 60.4 Å². The van der Waals surface area contributed by atoms with E-state index in [0.717, 1.165) is 17.0 Å². The smallest absolute Gasteiger partial charge is 0.257 e. The van der Waals surface area contributed by atoms with Crippen molar-refractivity contribution < 1.29 is 4.79 Å². The van der Waals surface area contributed by atoms with Gasteiger partial charge >= 0.3 is 0 Å². The number of amides is 1. The van der Waals surface area contributed by atoms with Crippen LogP contribution < -0.4 is 15.8 Å². The van der Waals surface area contributed by atoms with Gasteiger partial charge in [-0.25, -0.2) is 10.4 Å². The summed E-state index contributed by atoms with van der Waals surface area (Å²) in [6.07, 6.45) is 0.915. The molecule has 7 heteroatoms. The number of likely N-dealkylation sites (N-methyl/N-ethyl adjacent to an activating group) is 1. The molecule has 168 valence electrons. The first kappa shape index (κ1) is 22.5. The standard InChI is InChI=1S/C25H31N5OS/c1-16-13-23(32-15-16)20-12-11-19(24(26-20)29(3)4)25(31)30(5)17(2)21-14-22(28-27-21)18-9-7-6-8-10-18/h6-13,15,17,21-22,27-28H,14H2,1-5H3. The summed E-state index contributed by atoms with van der Waals surface area (Å²) < 4.78 is 0. The minimum Gasteiger partial charge on any atom is -0.362 e. The van der Waals surface area contributed by atoms with E-state index >= 15 is 0 Å². The first-order chi connectivity index (χ1) is 15.3. The topological polar surface area (TPSA) is 60.5 Å². The second kappa shape index (κ2) is 9.40. The van der Waals surface area contributed by atoms with Crippen LogP contribution in [0, 0.1) is 6.92 Å². The summed E-state index contributed by atoms with van der Waals surface area (Å²) in [5, 5.41) is 2.12. The number of rotatable bonds is 6. The first-order valence-electron chi connectivity index (χ1n) is 10.9. The van der Waals surface area contributed by atoms with Crippen LogP contribution in [0.4, 0.5) is 5.82 Å². The molecule has 0 spiro atoms. The zero-order valence-electron chi connectivity index (χ0n) is 19.3. The van der Waals surface area contributed by atoms with Crippen molar-refractivity contribution in [2.45, 2.75) is 38.4 Å². The lowest BCUT2D eigenvalue weighted by atomic mass is 9.98. The van der Waals surface area contributed by atoms with Crippen molar-refractivity contribution in [3.8, 4) is 10.6 Å². The van der Waals surface area contributed by atoms with E-state index in [1.807, 2.05) is 49.1 Å². The Labute approximate surface area is 194 Å². The second-order valence-electron chi connectivity index (χ2n) is 8.70. The molecular weight excluding hydrogens is 418 g/mol. The maximum Gasteiger partial charge on any atom is 0.257 e. The summed E-state index contributed by atoms with van der Waals surface area (Å²) in [4.78, 5) is 23.2. The Morgan fingerprint density at radius 2 is 1.88 bits per heavy atom. The summed E-state index contributed by atoms with van der Waals surface area (Å²) in [6.45, 7) is 4.17. The van der Waals surface area contributed by atoms with Gasteiger partial charge in [-0.05, 0) is 55.0 Å². The highest BCUT2D eigenvalue weighted by molar-refractivity contribution is 7.13. The Balaban J connectivity index is 1.51. The molecule has 4 rings (SSSR count). The molecule has 32 heavy (non-hydrogen) atoms. The number of carbonyl (C=O) groups is 1. The Morgan fingerprint density at radius 1 is 1.12 bits per heavy atom. The van der Waals surface area contributed by atoms with Gasteiger partial charge in [-0.3, -0.25) is 10.2 Å². The SMILES string of the molecule is Cc1csc(-c2ccc(C(=O)N(C)C(C)C3CC(c4ccccc4)NN3)c(N(C)C)n2)c1. The molecule has 1 aliphatic rings. The van der Waals surface area contributed by atoms with Gasteiger partial charge in [0.2, 0.25) is 0 Å². The molecule has 1 aliphatic heterocycles. The largest absolute Gasteiger partial charge is 0.362 e.